The fourth-order valence-electron chi connectivity index (χ4n) is 5.79. The number of fused-ring (bicyclic) bond motifs is 1. The van der Waals surface area contributed by atoms with Gasteiger partial charge in [-0.05, 0) is 74.4 Å². The van der Waals surface area contributed by atoms with Gasteiger partial charge in [-0.1, -0.05) is 65.4 Å². The Morgan fingerprint density at radius 2 is 1.71 bits per heavy atom. The molecule has 0 unspecified atom stereocenters. The Bertz CT molecular complexity index is 2220. The summed E-state index contributed by atoms with van der Waals surface area (Å²) in [6.07, 6.45) is 1.81. The molecule has 1 aliphatic rings. The number of benzene rings is 4. The van der Waals surface area contributed by atoms with E-state index in [0.29, 0.717) is 68.1 Å². The van der Waals surface area contributed by atoms with E-state index in [0.717, 1.165) is 16.7 Å². The van der Waals surface area contributed by atoms with E-state index >= 15 is 0 Å². The number of allylic oxidation sites excluding steroid dienone is 1. The minimum atomic E-state index is -0.820. The molecule has 1 aliphatic heterocycles. The fourth-order valence-corrected chi connectivity index (χ4v) is 6.83. The van der Waals surface area contributed by atoms with Crippen LogP contribution in [0.5, 0.6) is 23.0 Å². The maximum Gasteiger partial charge on any atom is 0.271 e. The molecule has 1 atom stereocenters. The number of aromatic nitrogens is 1. The average Bonchev–Trinajstić information content (AvgIpc) is 3.41. The van der Waals surface area contributed by atoms with E-state index in [1.54, 1.807) is 50.0 Å². The van der Waals surface area contributed by atoms with Crippen molar-refractivity contribution in [1.29, 1.82) is 0 Å². The minimum Gasteiger partial charge on any atom is -0.497 e. The zero-order chi connectivity index (χ0) is 34.5. The SMILES string of the molecule is CCOc1cc(/C=c2\sc3n(c2=O)[C@@H](c2ccc(OC)cc2OC)C(C(=O)Nc2ccccc2)=C(C)N=3)ccc1OCc1cccc(C)c1. The van der Waals surface area contributed by atoms with Crippen LogP contribution < -0.4 is 39.2 Å². The second-order valence-electron chi connectivity index (χ2n) is 11.4. The first-order valence-electron chi connectivity index (χ1n) is 15.9. The van der Waals surface area contributed by atoms with Gasteiger partial charge in [0.25, 0.3) is 11.5 Å². The standard InChI is InChI=1S/C39H37N3O6S/c1-6-47-33-20-26(15-18-31(33)48-23-27-12-10-11-24(2)19-27)21-34-38(44)42-36(30-17-16-29(45-4)22-32(30)46-5)35(25(3)40-39(42)49-34)37(43)41-28-13-8-7-9-14-28/h7-22,36H,6,23H2,1-5H3,(H,41,43)/b34-21-/t36-/m0/s1. The summed E-state index contributed by atoms with van der Waals surface area (Å²) in [5.41, 5.74) is 4.77. The van der Waals surface area contributed by atoms with Crippen molar-refractivity contribution in [3.8, 4) is 23.0 Å². The van der Waals surface area contributed by atoms with Crippen LogP contribution in [0, 0.1) is 6.92 Å². The van der Waals surface area contributed by atoms with Gasteiger partial charge in [0.1, 0.15) is 24.1 Å². The van der Waals surface area contributed by atoms with Crippen LogP contribution >= 0.6 is 11.3 Å². The zero-order valence-electron chi connectivity index (χ0n) is 28.0. The van der Waals surface area contributed by atoms with E-state index in [1.807, 2.05) is 80.6 Å². The second kappa shape index (κ2) is 14.7. The molecule has 5 aromatic rings. The number of hydrogen-bond donors (Lipinski definition) is 1. The van der Waals surface area contributed by atoms with Gasteiger partial charge in [0, 0.05) is 17.3 Å². The molecule has 4 aromatic carbocycles. The largest absolute Gasteiger partial charge is 0.497 e. The van der Waals surface area contributed by atoms with Crippen LogP contribution in [0.4, 0.5) is 5.69 Å². The molecule has 250 valence electrons. The van der Waals surface area contributed by atoms with Crippen molar-refractivity contribution in [2.45, 2.75) is 33.4 Å². The van der Waals surface area contributed by atoms with E-state index in [1.165, 1.54) is 11.3 Å². The number of para-hydroxylation sites is 1. The first kappa shape index (κ1) is 33.3. The highest BCUT2D eigenvalue weighted by molar-refractivity contribution is 7.07. The summed E-state index contributed by atoms with van der Waals surface area (Å²) >= 11 is 1.25. The molecular formula is C39H37N3O6S. The van der Waals surface area contributed by atoms with Gasteiger partial charge in [-0.25, -0.2) is 4.99 Å². The highest BCUT2D eigenvalue weighted by Gasteiger charge is 2.34. The average molecular weight is 676 g/mol. The molecule has 0 saturated heterocycles. The Labute approximate surface area is 288 Å². The first-order valence-corrected chi connectivity index (χ1v) is 16.7. The van der Waals surface area contributed by atoms with Crippen LogP contribution in [-0.4, -0.2) is 31.3 Å². The highest BCUT2D eigenvalue weighted by atomic mass is 32.1. The first-order chi connectivity index (χ1) is 23.8. The van der Waals surface area contributed by atoms with E-state index in [4.69, 9.17) is 23.9 Å². The predicted molar refractivity (Wildman–Crippen MR) is 192 cm³/mol. The lowest BCUT2D eigenvalue weighted by Gasteiger charge is -2.26. The molecule has 1 amide bonds. The van der Waals surface area contributed by atoms with E-state index < -0.39 is 6.04 Å². The van der Waals surface area contributed by atoms with Crippen molar-refractivity contribution in [1.82, 2.24) is 4.57 Å². The number of carbonyl (C=O) groups is 1. The van der Waals surface area contributed by atoms with Crippen molar-refractivity contribution in [3.05, 3.63) is 144 Å². The topological polar surface area (TPSA) is 100 Å². The second-order valence-corrected chi connectivity index (χ2v) is 12.4. The summed E-state index contributed by atoms with van der Waals surface area (Å²) < 4.78 is 25.3. The number of methoxy groups -OCH3 is 2. The van der Waals surface area contributed by atoms with Crippen molar-refractivity contribution >= 4 is 29.0 Å². The summed E-state index contributed by atoms with van der Waals surface area (Å²) in [6.45, 7) is 6.59. The number of anilines is 1. The number of nitrogens with one attached hydrogen (secondary N) is 1. The summed E-state index contributed by atoms with van der Waals surface area (Å²) in [4.78, 5) is 33.5. The molecule has 0 saturated carbocycles. The lowest BCUT2D eigenvalue weighted by molar-refractivity contribution is -0.113. The molecule has 0 bridgehead atoms. The van der Waals surface area contributed by atoms with Crippen LogP contribution in [0.3, 0.4) is 0 Å². The Kier molecular flexibility index (Phi) is 9.96. The Morgan fingerprint density at radius 1 is 0.898 bits per heavy atom. The number of ether oxygens (including phenoxy) is 4. The molecule has 10 heteroatoms. The van der Waals surface area contributed by atoms with Crippen LogP contribution in [0.2, 0.25) is 0 Å². The number of hydrogen-bond acceptors (Lipinski definition) is 8. The third kappa shape index (κ3) is 7.14. The van der Waals surface area contributed by atoms with Crippen molar-refractivity contribution in [2.75, 3.05) is 26.1 Å². The smallest absolute Gasteiger partial charge is 0.271 e. The molecule has 1 aromatic heterocycles. The zero-order valence-corrected chi connectivity index (χ0v) is 28.8. The van der Waals surface area contributed by atoms with Gasteiger partial charge < -0.3 is 24.3 Å². The van der Waals surface area contributed by atoms with Crippen LogP contribution in [0.25, 0.3) is 6.08 Å². The van der Waals surface area contributed by atoms with Crippen molar-refractivity contribution in [3.63, 3.8) is 0 Å². The lowest BCUT2D eigenvalue weighted by atomic mass is 9.94. The molecule has 2 heterocycles. The van der Waals surface area contributed by atoms with Crippen LogP contribution in [0.15, 0.2) is 112 Å². The summed E-state index contributed by atoms with van der Waals surface area (Å²) in [5, 5.41) is 2.98. The number of thiazole rings is 1. The molecule has 0 aliphatic carbocycles. The van der Waals surface area contributed by atoms with E-state index in [-0.39, 0.29) is 11.5 Å². The van der Waals surface area contributed by atoms with Gasteiger partial charge in [0.15, 0.2) is 16.3 Å². The lowest BCUT2D eigenvalue weighted by Crippen LogP contribution is -2.40. The monoisotopic (exact) mass is 675 g/mol. The van der Waals surface area contributed by atoms with Crippen LogP contribution in [0.1, 0.15) is 42.1 Å². The molecule has 0 spiro atoms. The summed E-state index contributed by atoms with van der Waals surface area (Å²) in [7, 11) is 3.12. The quantitative estimate of drug-likeness (QED) is 0.180. The molecule has 0 fully saturated rings. The molecular weight excluding hydrogens is 639 g/mol. The summed E-state index contributed by atoms with van der Waals surface area (Å²) in [5.74, 6) is 1.88. The molecule has 49 heavy (non-hydrogen) atoms. The number of nitrogens with zero attached hydrogens (tertiary/aromatic N) is 2. The Morgan fingerprint density at radius 3 is 2.45 bits per heavy atom. The maximum absolute atomic E-state index is 14.3. The number of rotatable bonds is 11. The van der Waals surface area contributed by atoms with Gasteiger partial charge in [0.2, 0.25) is 0 Å². The van der Waals surface area contributed by atoms with Crippen LogP contribution in [-0.2, 0) is 11.4 Å². The van der Waals surface area contributed by atoms with Gasteiger partial charge in [-0.3, -0.25) is 14.2 Å². The number of aryl methyl sites for hydroxylation is 1. The molecule has 9 nitrogen and oxygen atoms in total. The fraction of sp³-hybridized carbons (Fsp3) is 0.205. The predicted octanol–water partition coefficient (Wildman–Crippen LogP) is 6.18. The number of carbonyl (C=O) groups excluding carboxylic acids is 1. The highest BCUT2D eigenvalue weighted by Crippen LogP contribution is 2.38. The van der Waals surface area contributed by atoms with Crippen molar-refractivity contribution < 1.29 is 23.7 Å². The third-order valence-electron chi connectivity index (χ3n) is 8.08. The Balaban J connectivity index is 1.43. The maximum atomic E-state index is 14.3. The summed E-state index contributed by atoms with van der Waals surface area (Å²) in [6, 6.07) is 27.5. The van der Waals surface area contributed by atoms with Gasteiger partial charge in [-0.2, -0.15) is 0 Å². The molecule has 0 radical (unpaired) electrons. The Hall–Kier alpha value is -5.61. The molecule has 1 N–H and O–H groups in total. The molecule has 6 rings (SSSR count). The van der Waals surface area contributed by atoms with Gasteiger partial charge in [-0.15, -0.1) is 0 Å². The van der Waals surface area contributed by atoms with E-state index in [2.05, 4.69) is 11.4 Å². The normalized spacial score (nSPS) is 14.1. The number of amides is 1. The van der Waals surface area contributed by atoms with Gasteiger partial charge in [0.05, 0.1) is 36.6 Å². The minimum absolute atomic E-state index is 0.290. The van der Waals surface area contributed by atoms with E-state index in [9.17, 15) is 9.59 Å². The van der Waals surface area contributed by atoms with Crippen molar-refractivity contribution in [2.24, 2.45) is 4.99 Å². The third-order valence-corrected chi connectivity index (χ3v) is 9.06. The van der Waals surface area contributed by atoms with Gasteiger partial charge >= 0.3 is 0 Å².